The summed E-state index contributed by atoms with van der Waals surface area (Å²) in [5, 5.41) is 11.6. The Morgan fingerprint density at radius 3 is 2.45 bits per heavy atom. The average molecular weight is 468 g/mol. The van der Waals surface area contributed by atoms with E-state index in [0.717, 1.165) is 11.1 Å². The van der Waals surface area contributed by atoms with Crippen LogP contribution in [-0.4, -0.2) is 35.9 Å². The molecule has 2 heterocycles. The fraction of sp³-hybridized carbons (Fsp3) is 0.200. The van der Waals surface area contributed by atoms with E-state index in [0.29, 0.717) is 11.5 Å². The minimum absolute atomic E-state index is 0.0940. The number of halogens is 1. The lowest BCUT2D eigenvalue weighted by molar-refractivity contribution is -0.140. The molecule has 33 heavy (non-hydrogen) atoms. The molecule has 1 aliphatic rings. The van der Waals surface area contributed by atoms with Crippen molar-refractivity contribution in [2.24, 2.45) is 0 Å². The summed E-state index contributed by atoms with van der Waals surface area (Å²) in [6.07, 6.45) is 1.45. The molecule has 3 aromatic rings. The fourth-order valence-corrected chi connectivity index (χ4v) is 4.32. The van der Waals surface area contributed by atoms with Crippen molar-refractivity contribution in [1.82, 2.24) is 4.90 Å². The van der Waals surface area contributed by atoms with Crippen LogP contribution in [0.3, 0.4) is 0 Å². The van der Waals surface area contributed by atoms with Crippen LogP contribution < -0.4 is 9.47 Å². The number of amides is 1. The molecule has 2 aromatic carbocycles. The number of ether oxygens (including phenoxy) is 2. The minimum Gasteiger partial charge on any atom is -0.507 e. The Kier molecular flexibility index (Phi) is 6.16. The van der Waals surface area contributed by atoms with Crippen LogP contribution in [0.1, 0.15) is 28.5 Å². The molecule has 1 aliphatic heterocycles. The van der Waals surface area contributed by atoms with Crippen LogP contribution in [0, 0.1) is 6.92 Å². The number of aliphatic hydroxyl groups excluding tert-OH is 1. The van der Waals surface area contributed by atoms with Crippen LogP contribution in [0.4, 0.5) is 0 Å². The number of carbonyl (C=O) groups excluding carboxylic acids is 2. The second-order valence-electron chi connectivity index (χ2n) is 7.62. The highest BCUT2D eigenvalue weighted by Crippen LogP contribution is 2.43. The van der Waals surface area contributed by atoms with Gasteiger partial charge in [0.1, 0.15) is 29.1 Å². The smallest absolute Gasteiger partial charge is 0.296 e. The predicted octanol–water partition coefficient (Wildman–Crippen LogP) is 4.88. The molecule has 0 radical (unpaired) electrons. The first-order valence-corrected chi connectivity index (χ1v) is 10.5. The highest BCUT2D eigenvalue weighted by molar-refractivity contribution is 6.46. The molecular formula is C25H22ClNO6. The fourth-order valence-electron chi connectivity index (χ4n) is 3.97. The van der Waals surface area contributed by atoms with Crippen LogP contribution >= 0.6 is 11.6 Å². The SMILES string of the molecule is COc1ccc(CN2C(=O)C(=O)/C(=C(\O)c3cc(C)cc(Cl)c3OC)C2c2ccco2)cc1. The van der Waals surface area contributed by atoms with Crippen LogP contribution in [-0.2, 0) is 16.1 Å². The molecule has 1 amide bonds. The minimum atomic E-state index is -0.925. The van der Waals surface area contributed by atoms with Crippen molar-refractivity contribution in [3.63, 3.8) is 0 Å². The predicted molar refractivity (Wildman–Crippen MR) is 122 cm³/mol. The van der Waals surface area contributed by atoms with Crippen molar-refractivity contribution in [2.45, 2.75) is 19.5 Å². The van der Waals surface area contributed by atoms with Gasteiger partial charge in [0, 0.05) is 6.54 Å². The number of methoxy groups -OCH3 is 2. The quantitative estimate of drug-likeness (QED) is 0.316. The number of aliphatic hydroxyl groups is 1. The number of rotatable bonds is 6. The third-order valence-electron chi connectivity index (χ3n) is 5.51. The molecule has 0 bridgehead atoms. The summed E-state index contributed by atoms with van der Waals surface area (Å²) < 4.78 is 16.1. The molecule has 4 rings (SSSR count). The molecule has 1 fully saturated rings. The number of hydrogen-bond acceptors (Lipinski definition) is 6. The normalized spacial score (nSPS) is 17.5. The van der Waals surface area contributed by atoms with Gasteiger partial charge in [-0.2, -0.15) is 0 Å². The van der Waals surface area contributed by atoms with Gasteiger partial charge < -0.3 is 23.9 Å². The van der Waals surface area contributed by atoms with E-state index in [9.17, 15) is 14.7 Å². The Balaban J connectivity index is 1.86. The van der Waals surface area contributed by atoms with Gasteiger partial charge in [-0.1, -0.05) is 23.7 Å². The van der Waals surface area contributed by atoms with Crippen molar-refractivity contribution in [3.05, 3.63) is 87.8 Å². The van der Waals surface area contributed by atoms with Crippen molar-refractivity contribution in [1.29, 1.82) is 0 Å². The molecule has 1 N–H and O–H groups in total. The summed E-state index contributed by atoms with van der Waals surface area (Å²) in [6, 6.07) is 12.9. The maximum Gasteiger partial charge on any atom is 0.296 e. The zero-order valence-electron chi connectivity index (χ0n) is 18.3. The molecule has 7 nitrogen and oxygen atoms in total. The van der Waals surface area contributed by atoms with E-state index in [4.69, 9.17) is 25.5 Å². The zero-order valence-corrected chi connectivity index (χ0v) is 19.1. The molecule has 1 aromatic heterocycles. The van der Waals surface area contributed by atoms with E-state index in [1.807, 2.05) is 0 Å². The molecular weight excluding hydrogens is 446 g/mol. The molecule has 1 saturated heterocycles. The second-order valence-corrected chi connectivity index (χ2v) is 8.03. The molecule has 170 valence electrons. The van der Waals surface area contributed by atoms with Gasteiger partial charge in [-0.25, -0.2) is 0 Å². The van der Waals surface area contributed by atoms with Gasteiger partial charge in [0.2, 0.25) is 0 Å². The molecule has 0 saturated carbocycles. The van der Waals surface area contributed by atoms with E-state index in [2.05, 4.69) is 0 Å². The number of aryl methyl sites for hydroxylation is 1. The average Bonchev–Trinajstić information content (AvgIpc) is 3.41. The van der Waals surface area contributed by atoms with E-state index in [-0.39, 0.29) is 34.2 Å². The Bertz CT molecular complexity index is 1230. The number of hydrogen-bond donors (Lipinski definition) is 1. The van der Waals surface area contributed by atoms with Crippen molar-refractivity contribution in [3.8, 4) is 11.5 Å². The number of nitrogens with zero attached hydrogens (tertiary/aromatic N) is 1. The van der Waals surface area contributed by atoms with E-state index < -0.39 is 17.7 Å². The van der Waals surface area contributed by atoms with E-state index >= 15 is 0 Å². The standard InChI is InChI=1S/C25H22ClNO6/c1-14-11-17(24(32-3)18(26)12-14)22(28)20-21(19-5-4-10-33-19)27(25(30)23(20)29)13-15-6-8-16(31-2)9-7-15/h4-12,21,28H,13H2,1-3H3/b22-20-. The monoisotopic (exact) mass is 467 g/mol. The Labute approximate surface area is 195 Å². The third kappa shape index (κ3) is 4.07. The van der Waals surface area contributed by atoms with Crippen molar-refractivity contribution < 1.29 is 28.6 Å². The van der Waals surface area contributed by atoms with E-state index in [1.54, 1.807) is 62.6 Å². The summed E-state index contributed by atoms with van der Waals surface area (Å²) in [5.74, 6) is -0.712. The van der Waals surface area contributed by atoms with Crippen LogP contribution in [0.2, 0.25) is 5.02 Å². The van der Waals surface area contributed by atoms with Crippen LogP contribution in [0.15, 0.2) is 64.8 Å². The molecule has 0 spiro atoms. The molecule has 1 unspecified atom stereocenters. The van der Waals surface area contributed by atoms with Crippen LogP contribution in [0.25, 0.3) is 5.76 Å². The molecule has 1 atom stereocenters. The number of likely N-dealkylation sites (tertiary alicyclic amines) is 1. The Hall–Kier alpha value is -3.71. The largest absolute Gasteiger partial charge is 0.507 e. The summed E-state index contributed by atoms with van der Waals surface area (Å²) in [6.45, 7) is 1.93. The van der Waals surface area contributed by atoms with Gasteiger partial charge in [0.15, 0.2) is 0 Å². The topological polar surface area (TPSA) is 89.2 Å². The number of benzene rings is 2. The maximum absolute atomic E-state index is 13.2. The summed E-state index contributed by atoms with van der Waals surface area (Å²) >= 11 is 6.30. The number of Topliss-reactive ketones (excluding diaryl/α,β-unsaturated/α-hetero) is 1. The van der Waals surface area contributed by atoms with Gasteiger partial charge in [-0.3, -0.25) is 9.59 Å². The lowest BCUT2D eigenvalue weighted by Crippen LogP contribution is -2.29. The van der Waals surface area contributed by atoms with Crippen molar-refractivity contribution >= 4 is 29.1 Å². The number of carbonyl (C=O) groups is 2. The first-order chi connectivity index (χ1) is 15.8. The van der Waals surface area contributed by atoms with E-state index in [1.165, 1.54) is 18.3 Å². The zero-order chi connectivity index (χ0) is 23.7. The second kappa shape index (κ2) is 9.03. The summed E-state index contributed by atoms with van der Waals surface area (Å²) in [7, 11) is 2.98. The first-order valence-electron chi connectivity index (χ1n) is 10.1. The molecule has 8 heteroatoms. The van der Waals surface area contributed by atoms with Gasteiger partial charge in [-0.15, -0.1) is 0 Å². The number of furan rings is 1. The van der Waals surface area contributed by atoms with Gasteiger partial charge >= 0.3 is 0 Å². The van der Waals surface area contributed by atoms with Crippen molar-refractivity contribution in [2.75, 3.05) is 14.2 Å². The number of ketones is 1. The lowest BCUT2D eigenvalue weighted by atomic mass is 9.97. The van der Waals surface area contributed by atoms with Crippen LogP contribution in [0.5, 0.6) is 11.5 Å². The van der Waals surface area contributed by atoms with Gasteiger partial charge in [-0.05, 0) is 54.4 Å². The summed E-state index contributed by atoms with van der Waals surface area (Å²) in [4.78, 5) is 27.6. The first kappa shape index (κ1) is 22.5. The maximum atomic E-state index is 13.2. The highest BCUT2D eigenvalue weighted by atomic mass is 35.5. The van der Waals surface area contributed by atoms with Gasteiger partial charge in [0.25, 0.3) is 11.7 Å². The molecule has 0 aliphatic carbocycles. The Morgan fingerprint density at radius 1 is 1.12 bits per heavy atom. The lowest BCUT2D eigenvalue weighted by Gasteiger charge is -2.23. The summed E-state index contributed by atoms with van der Waals surface area (Å²) in [5.41, 5.74) is 1.67. The van der Waals surface area contributed by atoms with Gasteiger partial charge in [0.05, 0.1) is 36.6 Å². The third-order valence-corrected chi connectivity index (χ3v) is 5.79. The Morgan fingerprint density at radius 2 is 1.85 bits per heavy atom. The highest BCUT2D eigenvalue weighted by Gasteiger charge is 2.47.